The molecule has 18 heavy (non-hydrogen) atoms. The number of nitrogens with zero attached hydrogens (tertiary/aromatic N) is 2. The van der Waals surface area contributed by atoms with Gasteiger partial charge >= 0.3 is 5.97 Å². The standard InChI is InChI=1S/C13H20N2O2S/c1-3-10-7-5-4-6-8-15(10)13-14-9(2)11(18-13)12(16)17/h10H,3-8H2,1-2H3,(H,16,17). The Morgan fingerprint density at radius 2 is 2.28 bits per heavy atom. The summed E-state index contributed by atoms with van der Waals surface area (Å²) in [5.41, 5.74) is 0.640. The summed E-state index contributed by atoms with van der Waals surface area (Å²) in [5.74, 6) is -0.862. The van der Waals surface area contributed by atoms with Gasteiger partial charge in [0.05, 0.1) is 5.69 Å². The lowest BCUT2D eigenvalue weighted by molar-refractivity contribution is 0.0701. The lowest BCUT2D eigenvalue weighted by Crippen LogP contribution is -2.34. The lowest BCUT2D eigenvalue weighted by atomic mass is 10.1. The highest BCUT2D eigenvalue weighted by molar-refractivity contribution is 7.17. The van der Waals surface area contributed by atoms with Gasteiger partial charge < -0.3 is 10.0 Å². The number of aromatic carboxylic acids is 1. The molecular formula is C13H20N2O2S. The number of aryl methyl sites for hydroxylation is 1. The van der Waals surface area contributed by atoms with Crippen LogP contribution in [0.2, 0.25) is 0 Å². The third kappa shape index (κ3) is 2.66. The predicted octanol–water partition coefficient (Wildman–Crippen LogP) is 3.31. The third-order valence-corrected chi connectivity index (χ3v) is 4.76. The van der Waals surface area contributed by atoms with Crippen LogP contribution in [0.5, 0.6) is 0 Å². The summed E-state index contributed by atoms with van der Waals surface area (Å²) in [6, 6.07) is 0.514. The first-order valence-corrected chi connectivity index (χ1v) is 7.42. The number of anilines is 1. The summed E-state index contributed by atoms with van der Waals surface area (Å²) in [5, 5.41) is 10.00. The molecule has 4 nitrogen and oxygen atoms in total. The molecule has 1 atom stereocenters. The number of carboxylic acid groups (broad SMARTS) is 1. The minimum atomic E-state index is -0.862. The van der Waals surface area contributed by atoms with Gasteiger partial charge in [-0.3, -0.25) is 0 Å². The quantitative estimate of drug-likeness (QED) is 0.913. The molecule has 5 heteroatoms. The van der Waals surface area contributed by atoms with Gasteiger partial charge in [-0.1, -0.05) is 31.1 Å². The Morgan fingerprint density at radius 1 is 1.50 bits per heavy atom. The van der Waals surface area contributed by atoms with Gasteiger partial charge in [0.2, 0.25) is 0 Å². The molecule has 1 fully saturated rings. The zero-order valence-corrected chi connectivity index (χ0v) is 11.8. The number of carbonyl (C=O) groups is 1. The number of aromatic nitrogens is 1. The van der Waals surface area contributed by atoms with Crippen molar-refractivity contribution < 1.29 is 9.90 Å². The maximum absolute atomic E-state index is 11.1. The molecule has 1 aromatic heterocycles. The van der Waals surface area contributed by atoms with E-state index in [1.165, 1.54) is 37.0 Å². The van der Waals surface area contributed by atoms with Crippen LogP contribution in [0.15, 0.2) is 0 Å². The fourth-order valence-corrected chi connectivity index (χ4v) is 3.56. The van der Waals surface area contributed by atoms with E-state index in [0.717, 1.165) is 18.1 Å². The summed E-state index contributed by atoms with van der Waals surface area (Å²) >= 11 is 1.32. The average molecular weight is 268 g/mol. The molecule has 0 spiro atoms. The zero-order chi connectivity index (χ0) is 13.1. The molecular weight excluding hydrogens is 248 g/mol. The van der Waals surface area contributed by atoms with Crippen molar-refractivity contribution in [1.82, 2.24) is 4.98 Å². The average Bonchev–Trinajstić information content (AvgIpc) is 2.59. The highest BCUT2D eigenvalue weighted by Gasteiger charge is 2.24. The second-order valence-electron chi connectivity index (χ2n) is 4.82. The molecule has 0 bridgehead atoms. The van der Waals surface area contributed by atoms with Crippen LogP contribution in [0.25, 0.3) is 0 Å². The fraction of sp³-hybridized carbons (Fsp3) is 0.692. The number of carboxylic acids is 1. The van der Waals surface area contributed by atoms with Crippen LogP contribution in [-0.2, 0) is 0 Å². The van der Waals surface area contributed by atoms with Gasteiger partial charge in [-0.25, -0.2) is 9.78 Å². The van der Waals surface area contributed by atoms with E-state index in [9.17, 15) is 4.79 Å². The van der Waals surface area contributed by atoms with Crippen molar-refractivity contribution in [3.63, 3.8) is 0 Å². The van der Waals surface area contributed by atoms with E-state index in [1.807, 2.05) is 0 Å². The van der Waals surface area contributed by atoms with Crippen molar-refractivity contribution in [3.05, 3.63) is 10.6 Å². The van der Waals surface area contributed by atoms with Gasteiger partial charge in [-0.05, 0) is 26.2 Å². The number of rotatable bonds is 3. The number of hydrogen-bond donors (Lipinski definition) is 1. The molecule has 2 heterocycles. The molecule has 100 valence electrons. The minimum absolute atomic E-state index is 0.379. The van der Waals surface area contributed by atoms with Gasteiger partial charge in [0, 0.05) is 12.6 Å². The molecule has 0 amide bonds. The van der Waals surface area contributed by atoms with Crippen LogP contribution in [0.4, 0.5) is 5.13 Å². The highest BCUT2D eigenvalue weighted by atomic mass is 32.1. The molecule has 0 aliphatic carbocycles. The molecule has 2 rings (SSSR count). The van der Waals surface area contributed by atoms with Crippen LogP contribution in [-0.4, -0.2) is 28.6 Å². The minimum Gasteiger partial charge on any atom is -0.477 e. The van der Waals surface area contributed by atoms with Crippen molar-refractivity contribution in [2.24, 2.45) is 0 Å². The molecule has 1 aromatic rings. The van der Waals surface area contributed by atoms with Crippen molar-refractivity contribution in [3.8, 4) is 0 Å². The molecule has 1 aliphatic heterocycles. The number of thiazole rings is 1. The molecule has 1 unspecified atom stereocenters. The van der Waals surface area contributed by atoms with E-state index in [4.69, 9.17) is 5.11 Å². The van der Waals surface area contributed by atoms with E-state index < -0.39 is 5.97 Å². The van der Waals surface area contributed by atoms with Crippen molar-refractivity contribution in [2.75, 3.05) is 11.4 Å². The van der Waals surface area contributed by atoms with E-state index in [2.05, 4.69) is 16.8 Å². The van der Waals surface area contributed by atoms with Gasteiger partial charge in [-0.2, -0.15) is 0 Å². The highest BCUT2D eigenvalue weighted by Crippen LogP contribution is 2.31. The smallest absolute Gasteiger partial charge is 0.347 e. The first-order valence-electron chi connectivity index (χ1n) is 6.60. The Balaban J connectivity index is 2.27. The largest absolute Gasteiger partial charge is 0.477 e. The fourth-order valence-electron chi connectivity index (χ4n) is 2.56. The van der Waals surface area contributed by atoms with Crippen LogP contribution in [0.1, 0.15) is 54.4 Å². The Morgan fingerprint density at radius 3 is 2.89 bits per heavy atom. The molecule has 0 aromatic carbocycles. The summed E-state index contributed by atoms with van der Waals surface area (Å²) in [6.07, 6.45) is 6.00. The van der Waals surface area contributed by atoms with Crippen molar-refractivity contribution in [2.45, 2.75) is 52.0 Å². The van der Waals surface area contributed by atoms with Crippen LogP contribution in [0, 0.1) is 6.92 Å². The van der Waals surface area contributed by atoms with Gasteiger partial charge in [0.15, 0.2) is 5.13 Å². The predicted molar refractivity (Wildman–Crippen MR) is 73.7 cm³/mol. The summed E-state index contributed by atoms with van der Waals surface area (Å²) in [6.45, 7) is 4.98. The Kier molecular flexibility index (Phi) is 4.22. The zero-order valence-electron chi connectivity index (χ0n) is 11.0. The summed E-state index contributed by atoms with van der Waals surface area (Å²) < 4.78 is 0. The topological polar surface area (TPSA) is 53.4 Å². The molecule has 0 radical (unpaired) electrons. The SMILES string of the molecule is CCC1CCCCCN1c1nc(C)c(C(=O)O)s1. The normalized spacial score (nSPS) is 20.8. The van der Waals surface area contributed by atoms with E-state index in [1.54, 1.807) is 6.92 Å². The molecule has 1 saturated heterocycles. The Bertz CT molecular complexity index is 431. The van der Waals surface area contributed by atoms with E-state index in [0.29, 0.717) is 16.6 Å². The first kappa shape index (κ1) is 13.3. The van der Waals surface area contributed by atoms with E-state index >= 15 is 0 Å². The van der Waals surface area contributed by atoms with Gasteiger partial charge in [-0.15, -0.1) is 0 Å². The maximum atomic E-state index is 11.1. The van der Waals surface area contributed by atoms with Crippen LogP contribution in [0.3, 0.4) is 0 Å². The lowest BCUT2D eigenvalue weighted by Gasteiger charge is -2.28. The second-order valence-corrected chi connectivity index (χ2v) is 5.80. The Labute approximate surface area is 112 Å². The maximum Gasteiger partial charge on any atom is 0.347 e. The second kappa shape index (κ2) is 5.69. The molecule has 1 aliphatic rings. The number of hydrogen-bond acceptors (Lipinski definition) is 4. The molecule has 1 N–H and O–H groups in total. The van der Waals surface area contributed by atoms with Gasteiger partial charge in [0.25, 0.3) is 0 Å². The van der Waals surface area contributed by atoms with E-state index in [-0.39, 0.29) is 0 Å². The first-order chi connectivity index (χ1) is 8.63. The summed E-state index contributed by atoms with van der Waals surface area (Å²) in [7, 11) is 0. The summed E-state index contributed by atoms with van der Waals surface area (Å²) in [4.78, 5) is 18.2. The van der Waals surface area contributed by atoms with Crippen LogP contribution >= 0.6 is 11.3 Å². The van der Waals surface area contributed by atoms with Crippen molar-refractivity contribution >= 4 is 22.4 Å². The third-order valence-electron chi connectivity index (χ3n) is 3.57. The molecule has 0 saturated carbocycles. The van der Waals surface area contributed by atoms with Gasteiger partial charge in [0.1, 0.15) is 4.88 Å². The Hall–Kier alpha value is -1.10. The van der Waals surface area contributed by atoms with Crippen LogP contribution < -0.4 is 4.90 Å². The monoisotopic (exact) mass is 268 g/mol. The van der Waals surface area contributed by atoms with Crippen molar-refractivity contribution in [1.29, 1.82) is 0 Å².